The molecule has 94 valence electrons. The molecule has 0 radical (unpaired) electrons. The Morgan fingerprint density at radius 1 is 1.06 bits per heavy atom. The average Bonchev–Trinajstić information content (AvgIpc) is 2.66. The zero-order valence-electron chi connectivity index (χ0n) is 11.3. The molecule has 0 spiro atoms. The molecule has 2 rings (SSSR count). The summed E-state index contributed by atoms with van der Waals surface area (Å²) in [4.78, 5) is 4.72. The second-order valence-corrected chi connectivity index (χ2v) is 5.23. The Hall–Kier alpha value is -0.850. The fraction of sp³-hybridized carbons (Fsp3) is 0.688. The van der Waals surface area contributed by atoms with Crippen molar-refractivity contribution in [3.63, 3.8) is 0 Å². The van der Waals surface area contributed by atoms with Crippen molar-refractivity contribution < 1.29 is 0 Å². The fourth-order valence-corrected chi connectivity index (χ4v) is 3.19. The highest BCUT2D eigenvalue weighted by molar-refractivity contribution is 5.32. The van der Waals surface area contributed by atoms with Crippen LogP contribution in [0.1, 0.15) is 75.1 Å². The normalized spacial score (nSPS) is 18.0. The third kappa shape index (κ3) is 2.88. The molecule has 1 aliphatic rings. The molecule has 0 bridgehead atoms. The first-order chi connectivity index (χ1) is 8.36. The third-order valence-corrected chi connectivity index (χ3v) is 4.16. The molecule has 1 aromatic heterocycles. The van der Waals surface area contributed by atoms with Gasteiger partial charge in [-0.2, -0.15) is 0 Å². The molecule has 1 saturated carbocycles. The SMILES string of the molecule is CCc1ccnc(C2CCCCCC2)c1CC. The molecule has 1 fully saturated rings. The molecule has 17 heavy (non-hydrogen) atoms. The van der Waals surface area contributed by atoms with E-state index in [4.69, 9.17) is 4.98 Å². The second-order valence-electron chi connectivity index (χ2n) is 5.23. The number of hydrogen-bond donors (Lipinski definition) is 0. The van der Waals surface area contributed by atoms with Crippen molar-refractivity contribution in [1.29, 1.82) is 0 Å². The lowest BCUT2D eigenvalue weighted by molar-refractivity contribution is 0.571. The van der Waals surface area contributed by atoms with Crippen LogP contribution in [0, 0.1) is 0 Å². The summed E-state index contributed by atoms with van der Waals surface area (Å²) in [7, 11) is 0. The van der Waals surface area contributed by atoms with Gasteiger partial charge in [-0.15, -0.1) is 0 Å². The Labute approximate surface area is 106 Å². The van der Waals surface area contributed by atoms with Gasteiger partial charge in [-0.1, -0.05) is 39.5 Å². The second kappa shape index (κ2) is 6.18. The minimum absolute atomic E-state index is 0.735. The van der Waals surface area contributed by atoms with Crippen LogP contribution < -0.4 is 0 Å². The molecule has 1 nitrogen and oxygen atoms in total. The van der Waals surface area contributed by atoms with Crippen molar-refractivity contribution in [2.75, 3.05) is 0 Å². The Kier molecular flexibility index (Phi) is 4.58. The summed E-state index contributed by atoms with van der Waals surface area (Å²) in [5, 5.41) is 0. The van der Waals surface area contributed by atoms with Crippen LogP contribution in [0.4, 0.5) is 0 Å². The maximum absolute atomic E-state index is 4.72. The van der Waals surface area contributed by atoms with Gasteiger partial charge in [-0.05, 0) is 42.9 Å². The molecule has 1 heteroatoms. The first kappa shape index (κ1) is 12.6. The number of hydrogen-bond acceptors (Lipinski definition) is 1. The van der Waals surface area contributed by atoms with Crippen LogP contribution in [-0.4, -0.2) is 4.98 Å². The molecule has 0 aliphatic heterocycles. The highest BCUT2D eigenvalue weighted by Crippen LogP contribution is 2.33. The van der Waals surface area contributed by atoms with E-state index in [9.17, 15) is 0 Å². The monoisotopic (exact) mass is 231 g/mol. The predicted octanol–water partition coefficient (Wildman–Crippen LogP) is 4.64. The fourth-order valence-electron chi connectivity index (χ4n) is 3.19. The highest BCUT2D eigenvalue weighted by atomic mass is 14.7. The molecule has 0 saturated heterocycles. The Morgan fingerprint density at radius 2 is 1.76 bits per heavy atom. The quantitative estimate of drug-likeness (QED) is 0.690. The summed E-state index contributed by atoms with van der Waals surface area (Å²) >= 11 is 0. The van der Waals surface area contributed by atoms with Gasteiger partial charge in [-0.25, -0.2) is 0 Å². The van der Waals surface area contributed by atoms with Crippen LogP contribution in [0.25, 0.3) is 0 Å². The number of aryl methyl sites for hydroxylation is 1. The Bertz CT molecular complexity index is 349. The van der Waals surface area contributed by atoms with Crippen LogP contribution >= 0.6 is 0 Å². The summed E-state index contributed by atoms with van der Waals surface area (Å²) in [5.74, 6) is 0.735. The van der Waals surface area contributed by atoms with E-state index in [0.29, 0.717) is 0 Å². The molecule has 0 atom stereocenters. The molecule has 0 N–H and O–H groups in total. The Morgan fingerprint density at radius 3 is 2.35 bits per heavy atom. The topological polar surface area (TPSA) is 12.9 Å². The maximum atomic E-state index is 4.72. The zero-order chi connectivity index (χ0) is 12.1. The highest BCUT2D eigenvalue weighted by Gasteiger charge is 2.19. The summed E-state index contributed by atoms with van der Waals surface area (Å²) in [6, 6.07) is 2.21. The number of aromatic nitrogens is 1. The third-order valence-electron chi connectivity index (χ3n) is 4.16. The van der Waals surface area contributed by atoms with E-state index in [1.54, 1.807) is 5.56 Å². The van der Waals surface area contributed by atoms with E-state index in [2.05, 4.69) is 19.9 Å². The molecular weight excluding hydrogens is 206 g/mol. The first-order valence-electron chi connectivity index (χ1n) is 7.33. The van der Waals surface area contributed by atoms with Crippen LogP contribution in [0.15, 0.2) is 12.3 Å². The van der Waals surface area contributed by atoms with Gasteiger partial charge < -0.3 is 0 Å². The minimum atomic E-state index is 0.735. The maximum Gasteiger partial charge on any atom is 0.0469 e. The average molecular weight is 231 g/mol. The summed E-state index contributed by atoms with van der Waals surface area (Å²) < 4.78 is 0. The van der Waals surface area contributed by atoms with Gasteiger partial charge in [0.25, 0.3) is 0 Å². The van der Waals surface area contributed by atoms with E-state index in [0.717, 1.165) is 18.8 Å². The van der Waals surface area contributed by atoms with Crippen molar-refractivity contribution >= 4 is 0 Å². The van der Waals surface area contributed by atoms with Gasteiger partial charge in [-0.3, -0.25) is 4.98 Å². The lowest BCUT2D eigenvalue weighted by Crippen LogP contribution is -2.07. The smallest absolute Gasteiger partial charge is 0.0469 e. The molecule has 1 heterocycles. The number of nitrogens with zero attached hydrogens (tertiary/aromatic N) is 1. The Balaban J connectivity index is 2.29. The van der Waals surface area contributed by atoms with Crippen molar-refractivity contribution in [3.8, 4) is 0 Å². The molecule has 0 amide bonds. The summed E-state index contributed by atoms with van der Waals surface area (Å²) in [5.41, 5.74) is 4.48. The standard InChI is InChI=1S/C16H25N/c1-3-13-11-12-17-16(15(13)4-2)14-9-7-5-6-8-10-14/h11-12,14H,3-10H2,1-2H3. The van der Waals surface area contributed by atoms with Crippen molar-refractivity contribution in [1.82, 2.24) is 4.98 Å². The van der Waals surface area contributed by atoms with Crippen LogP contribution in [0.3, 0.4) is 0 Å². The molecular formula is C16H25N. The number of rotatable bonds is 3. The lowest BCUT2D eigenvalue weighted by atomic mass is 9.89. The van der Waals surface area contributed by atoms with E-state index < -0.39 is 0 Å². The van der Waals surface area contributed by atoms with Gasteiger partial charge in [0.1, 0.15) is 0 Å². The van der Waals surface area contributed by atoms with E-state index >= 15 is 0 Å². The van der Waals surface area contributed by atoms with Crippen molar-refractivity contribution in [2.24, 2.45) is 0 Å². The predicted molar refractivity (Wildman–Crippen MR) is 73.4 cm³/mol. The van der Waals surface area contributed by atoms with Crippen molar-refractivity contribution in [3.05, 3.63) is 29.1 Å². The summed E-state index contributed by atoms with van der Waals surface area (Å²) in [6.07, 6.45) is 12.7. The summed E-state index contributed by atoms with van der Waals surface area (Å²) in [6.45, 7) is 4.53. The molecule has 0 unspecified atom stereocenters. The molecule has 1 aliphatic carbocycles. The minimum Gasteiger partial charge on any atom is -0.261 e. The van der Waals surface area contributed by atoms with Crippen LogP contribution in [0.5, 0.6) is 0 Å². The first-order valence-corrected chi connectivity index (χ1v) is 7.33. The van der Waals surface area contributed by atoms with Gasteiger partial charge in [0.2, 0.25) is 0 Å². The van der Waals surface area contributed by atoms with E-state index in [1.165, 1.54) is 49.8 Å². The van der Waals surface area contributed by atoms with E-state index in [1.807, 2.05) is 6.20 Å². The zero-order valence-corrected chi connectivity index (χ0v) is 11.3. The van der Waals surface area contributed by atoms with Crippen LogP contribution in [-0.2, 0) is 12.8 Å². The van der Waals surface area contributed by atoms with Gasteiger partial charge in [0.15, 0.2) is 0 Å². The largest absolute Gasteiger partial charge is 0.261 e. The van der Waals surface area contributed by atoms with E-state index in [-0.39, 0.29) is 0 Å². The van der Waals surface area contributed by atoms with Gasteiger partial charge in [0.05, 0.1) is 0 Å². The van der Waals surface area contributed by atoms with Crippen molar-refractivity contribution in [2.45, 2.75) is 71.1 Å². The molecule has 0 aromatic carbocycles. The lowest BCUT2D eigenvalue weighted by Gasteiger charge is -2.19. The molecule has 1 aromatic rings. The van der Waals surface area contributed by atoms with Crippen LogP contribution in [0.2, 0.25) is 0 Å². The van der Waals surface area contributed by atoms with Gasteiger partial charge in [0, 0.05) is 17.8 Å². The van der Waals surface area contributed by atoms with Gasteiger partial charge >= 0.3 is 0 Å². The number of pyridine rings is 1.